The fourth-order valence-corrected chi connectivity index (χ4v) is 2.15. The summed E-state index contributed by atoms with van der Waals surface area (Å²) >= 11 is 5.89. The van der Waals surface area contributed by atoms with Gasteiger partial charge in [0.25, 0.3) is 5.91 Å². The number of hydrogen-bond acceptors (Lipinski definition) is 4. The molecule has 1 aliphatic rings. The molecule has 0 aliphatic carbocycles. The summed E-state index contributed by atoms with van der Waals surface area (Å²) in [5, 5.41) is 14.5. The summed E-state index contributed by atoms with van der Waals surface area (Å²) in [5.74, 6) is -0.233. The Hall–Kier alpha value is -1.92. The molecule has 1 aromatic carbocycles. The van der Waals surface area contributed by atoms with E-state index in [1.807, 2.05) is 18.2 Å². The molecule has 7 heteroatoms. The van der Waals surface area contributed by atoms with Crippen molar-refractivity contribution in [3.63, 3.8) is 0 Å². The number of nitrogens with one attached hydrogen (secondary N) is 2. The average molecular weight is 292 g/mol. The summed E-state index contributed by atoms with van der Waals surface area (Å²) in [4.78, 5) is 12.0. The second-order valence-electron chi connectivity index (χ2n) is 4.71. The molecule has 0 radical (unpaired) electrons. The van der Waals surface area contributed by atoms with Gasteiger partial charge < -0.3 is 10.6 Å². The van der Waals surface area contributed by atoms with Crippen LogP contribution in [0.5, 0.6) is 0 Å². The third-order valence-electron chi connectivity index (χ3n) is 3.22. The number of carbonyl (C=O) groups excluding carboxylic acids is 1. The minimum atomic E-state index is -0.233. The van der Waals surface area contributed by atoms with Crippen LogP contribution in [0.1, 0.15) is 22.1 Å². The van der Waals surface area contributed by atoms with Crippen LogP contribution in [0.15, 0.2) is 30.5 Å². The van der Waals surface area contributed by atoms with Crippen LogP contribution in [0.25, 0.3) is 0 Å². The van der Waals surface area contributed by atoms with Crippen LogP contribution in [0.2, 0.25) is 5.02 Å². The first-order valence-corrected chi connectivity index (χ1v) is 6.75. The van der Waals surface area contributed by atoms with E-state index in [2.05, 4.69) is 20.9 Å². The number of amides is 1. The molecule has 0 saturated carbocycles. The van der Waals surface area contributed by atoms with E-state index in [1.54, 1.807) is 16.9 Å². The summed E-state index contributed by atoms with van der Waals surface area (Å²) in [6.07, 6.45) is 1.68. The van der Waals surface area contributed by atoms with Gasteiger partial charge in [-0.15, -0.1) is 5.10 Å². The number of nitrogens with zero attached hydrogens (tertiary/aromatic N) is 3. The summed E-state index contributed by atoms with van der Waals surface area (Å²) in [6.45, 7) is 2.15. The van der Waals surface area contributed by atoms with Gasteiger partial charge in [0.05, 0.1) is 12.2 Å². The Bertz CT molecular complexity index is 623. The Kier molecular flexibility index (Phi) is 3.66. The summed E-state index contributed by atoms with van der Waals surface area (Å²) in [6, 6.07) is 7.67. The van der Waals surface area contributed by atoms with Crippen molar-refractivity contribution >= 4 is 17.5 Å². The summed E-state index contributed by atoms with van der Waals surface area (Å²) in [7, 11) is 0. The van der Waals surface area contributed by atoms with Gasteiger partial charge in [0.2, 0.25) is 0 Å². The smallest absolute Gasteiger partial charge is 0.273 e. The van der Waals surface area contributed by atoms with Gasteiger partial charge in [-0.2, -0.15) is 0 Å². The zero-order valence-corrected chi connectivity index (χ0v) is 11.5. The van der Waals surface area contributed by atoms with Crippen molar-refractivity contribution in [3.05, 3.63) is 46.7 Å². The Balaban J connectivity index is 1.60. The van der Waals surface area contributed by atoms with E-state index in [-0.39, 0.29) is 5.91 Å². The van der Waals surface area contributed by atoms with Crippen molar-refractivity contribution in [2.45, 2.75) is 12.6 Å². The Labute approximate surface area is 121 Å². The Morgan fingerprint density at radius 3 is 3.05 bits per heavy atom. The molecule has 2 aromatic rings. The number of rotatable bonds is 4. The maximum Gasteiger partial charge on any atom is 0.273 e. The molecule has 0 spiro atoms. The van der Waals surface area contributed by atoms with Crippen LogP contribution in [0.3, 0.4) is 0 Å². The maximum absolute atomic E-state index is 12.0. The van der Waals surface area contributed by atoms with Crippen molar-refractivity contribution in [2.75, 3.05) is 13.1 Å². The minimum absolute atomic E-state index is 0.233. The number of halogens is 1. The molecular formula is C13H14ClN5O. The van der Waals surface area contributed by atoms with Crippen LogP contribution < -0.4 is 10.6 Å². The fourth-order valence-electron chi connectivity index (χ4n) is 1.94. The van der Waals surface area contributed by atoms with Gasteiger partial charge >= 0.3 is 0 Å². The van der Waals surface area contributed by atoms with Crippen LogP contribution >= 0.6 is 11.6 Å². The zero-order chi connectivity index (χ0) is 13.9. The summed E-state index contributed by atoms with van der Waals surface area (Å²) < 4.78 is 1.73. The molecule has 1 fully saturated rings. The molecule has 2 N–H and O–H groups in total. The van der Waals surface area contributed by atoms with E-state index in [0.717, 1.165) is 18.7 Å². The monoisotopic (exact) mass is 291 g/mol. The molecule has 6 nitrogen and oxygen atoms in total. The lowest BCUT2D eigenvalue weighted by Crippen LogP contribution is -2.43. The minimum Gasteiger partial charge on any atom is -0.347 e. The predicted molar refractivity (Wildman–Crippen MR) is 74.6 cm³/mol. The maximum atomic E-state index is 12.0. The standard InChI is InChI=1S/C13H14ClN5O/c14-10-3-1-2-9(4-10)5-16-13(20)12-8-19(18-17-12)11-6-15-7-11/h1-4,8,11,15H,5-7H2,(H,16,20). The van der Waals surface area contributed by atoms with Crippen molar-refractivity contribution < 1.29 is 4.79 Å². The topological polar surface area (TPSA) is 71.8 Å². The summed E-state index contributed by atoms with van der Waals surface area (Å²) in [5.41, 5.74) is 1.28. The molecule has 1 amide bonds. The van der Waals surface area contributed by atoms with E-state index in [1.165, 1.54) is 0 Å². The van der Waals surface area contributed by atoms with Crippen molar-refractivity contribution in [3.8, 4) is 0 Å². The molecule has 0 atom stereocenters. The lowest BCUT2D eigenvalue weighted by atomic mass is 10.2. The van der Waals surface area contributed by atoms with E-state index >= 15 is 0 Å². The Morgan fingerprint density at radius 2 is 2.35 bits per heavy atom. The van der Waals surface area contributed by atoms with Gasteiger partial charge in [-0.3, -0.25) is 4.79 Å². The number of hydrogen-bond donors (Lipinski definition) is 2. The first-order valence-electron chi connectivity index (χ1n) is 6.37. The number of carbonyl (C=O) groups is 1. The third kappa shape index (κ3) is 2.81. The van der Waals surface area contributed by atoms with Crippen molar-refractivity contribution in [1.29, 1.82) is 0 Å². The molecular weight excluding hydrogens is 278 g/mol. The van der Waals surface area contributed by atoms with Crippen LogP contribution in [0, 0.1) is 0 Å². The molecule has 3 rings (SSSR count). The Morgan fingerprint density at radius 1 is 1.50 bits per heavy atom. The molecule has 104 valence electrons. The van der Waals surface area contributed by atoms with Crippen LogP contribution in [0.4, 0.5) is 0 Å². The van der Waals surface area contributed by atoms with E-state index in [0.29, 0.717) is 23.3 Å². The van der Waals surface area contributed by atoms with Gasteiger partial charge in [0.1, 0.15) is 0 Å². The molecule has 2 heterocycles. The first kappa shape index (κ1) is 13.1. The third-order valence-corrected chi connectivity index (χ3v) is 3.45. The highest BCUT2D eigenvalue weighted by Gasteiger charge is 2.21. The highest BCUT2D eigenvalue weighted by atomic mass is 35.5. The predicted octanol–water partition coefficient (Wildman–Crippen LogP) is 1.01. The SMILES string of the molecule is O=C(NCc1cccc(Cl)c1)c1cn(C2CNC2)nn1. The van der Waals surface area contributed by atoms with Crippen LogP contribution in [-0.4, -0.2) is 34.0 Å². The second-order valence-corrected chi connectivity index (χ2v) is 5.14. The van der Waals surface area contributed by atoms with Gasteiger partial charge in [-0.1, -0.05) is 28.9 Å². The van der Waals surface area contributed by atoms with E-state index in [4.69, 9.17) is 11.6 Å². The average Bonchev–Trinajstić information content (AvgIpc) is 2.83. The number of aromatic nitrogens is 3. The highest BCUT2D eigenvalue weighted by molar-refractivity contribution is 6.30. The normalized spacial score (nSPS) is 14.8. The molecule has 20 heavy (non-hydrogen) atoms. The van der Waals surface area contributed by atoms with Crippen LogP contribution in [-0.2, 0) is 6.54 Å². The lowest BCUT2D eigenvalue weighted by molar-refractivity contribution is 0.0946. The molecule has 0 bridgehead atoms. The van der Waals surface area contributed by atoms with E-state index in [9.17, 15) is 4.79 Å². The first-order chi connectivity index (χ1) is 9.72. The molecule has 0 unspecified atom stereocenters. The fraction of sp³-hybridized carbons (Fsp3) is 0.308. The number of benzene rings is 1. The quantitative estimate of drug-likeness (QED) is 0.882. The highest BCUT2D eigenvalue weighted by Crippen LogP contribution is 2.11. The largest absolute Gasteiger partial charge is 0.347 e. The van der Waals surface area contributed by atoms with E-state index < -0.39 is 0 Å². The zero-order valence-electron chi connectivity index (χ0n) is 10.7. The van der Waals surface area contributed by atoms with Crippen molar-refractivity contribution in [1.82, 2.24) is 25.6 Å². The van der Waals surface area contributed by atoms with Gasteiger partial charge in [0, 0.05) is 24.7 Å². The molecule has 1 aliphatic heterocycles. The van der Waals surface area contributed by atoms with Crippen molar-refractivity contribution in [2.24, 2.45) is 0 Å². The second kappa shape index (κ2) is 5.60. The molecule has 1 aromatic heterocycles. The van der Waals surface area contributed by atoms with Gasteiger partial charge in [-0.05, 0) is 17.7 Å². The van der Waals surface area contributed by atoms with Gasteiger partial charge in [-0.25, -0.2) is 4.68 Å². The lowest BCUT2D eigenvalue weighted by Gasteiger charge is -2.26. The van der Waals surface area contributed by atoms with Gasteiger partial charge in [0.15, 0.2) is 5.69 Å². The molecule has 1 saturated heterocycles.